The van der Waals surface area contributed by atoms with E-state index >= 15 is 0 Å². The van der Waals surface area contributed by atoms with Crippen molar-refractivity contribution in [2.75, 3.05) is 37.9 Å². The Labute approximate surface area is 194 Å². The molecule has 0 amide bonds. The molecule has 0 saturated carbocycles. The maximum Gasteiger partial charge on any atom is 0.275 e. The van der Waals surface area contributed by atoms with E-state index < -0.39 is 10.0 Å². The second kappa shape index (κ2) is 8.48. The summed E-state index contributed by atoms with van der Waals surface area (Å²) < 4.78 is 29.8. The molecule has 1 aromatic carbocycles. The highest BCUT2D eigenvalue weighted by molar-refractivity contribution is 7.92. The number of nitrogens with zero attached hydrogens (tertiary/aromatic N) is 3. The smallest absolute Gasteiger partial charge is 0.275 e. The Balaban J connectivity index is 1.37. The molecular weight excluding hydrogens is 448 g/mol. The maximum atomic E-state index is 13.2. The predicted octanol–water partition coefficient (Wildman–Crippen LogP) is 2.82. The van der Waals surface area contributed by atoms with Gasteiger partial charge in [0.1, 0.15) is 5.69 Å². The third-order valence-corrected chi connectivity index (χ3v) is 8.84. The van der Waals surface area contributed by atoms with Crippen LogP contribution in [0.5, 0.6) is 0 Å². The van der Waals surface area contributed by atoms with Crippen molar-refractivity contribution in [3.63, 3.8) is 0 Å². The van der Waals surface area contributed by atoms with E-state index in [4.69, 9.17) is 11.6 Å². The molecule has 2 fully saturated rings. The molecule has 32 heavy (non-hydrogen) atoms. The number of rotatable bonds is 4. The lowest BCUT2D eigenvalue weighted by atomic mass is 9.82. The first-order chi connectivity index (χ1) is 15.3. The summed E-state index contributed by atoms with van der Waals surface area (Å²) in [5.41, 5.74) is 0.858. The first kappa shape index (κ1) is 21.9. The summed E-state index contributed by atoms with van der Waals surface area (Å²) in [5, 5.41) is 0.457. The molecule has 0 radical (unpaired) electrons. The van der Waals surface area contributed by atoms with Crippen LogP contribution in [0.3, 0.4) is 0 Å². The number of hydrogen-bond donors (Lipinski definition) is 1. The number of aromatic nitrogens is 1. The summed E-state index contributed by atoms with van der Waals surface area (Å²) in [5.74, 6) is 0.735. The van der Waals surface area contributed by atoms with Gasteiger partial charge in [0.25, 0.3) is 15.6 Å². The standard InChI is InChI=1S/C23H29ClN4O3S/c1-26-10-8-19(9-11-26)27-13-16-12-17(15-27)22-7-6-21(23(29)28(22)14-16)25-32(30,31)20-4-2-18(24)3-5-20/h2-7,16-17,19,25H,8-15H2,1H3. The van der Waals surface area contributed by atoms with E-state index in [0.29, 0.717) is 29.4 Å². The molecule has 2 atom stereocenters. The van der Waals surface area contributed by atoms with Gasteiger partial charge in [-0.15, -0.1) is 0 Å². The lowest BCUT2D eigenvalue weighted by Crippen LogP contribution is -2.53. The van der Waals surface area contributed by atoms with E-state index in [2.05, 4.69) is 21.6 Å². The number of sulfonamides is 1. The van der Waals surface area contributed by atoms with E-state index in [1.54, 1.807) is 10.6 Å². The second-order valence-electron chi connectivity index (χ2n) is 9.43. The van der Waals surface area contributed by atoms with Crippen LogP contribution >= 0.6 is 11.6 Å². The van der Waals surface area contributed by atoms with Crippen molar-refractivity contribution in [1.82, 2.24) is 14.4 Å². The van der Waals surface area contributed by atoms with Crippen LogP contribution in [-0.4, -0.2) is 62.1 Å². The minimum Gasteiger partial charge on any atom is -0.310 e. The summed E-state index contributed by atoms with van der Waals surface area (Å²) >= 11 is 5.87. The number of benzene rings is 1. The number of likely N-dealkylation sites (tertiary alicyclic amines) is 2. The van der Waals surface area contributed by atoms with Crippen LogP contribution in [0.25, 0.3) is 0 Å². The number of anilines is 1. The quantitative estimate of drug-likeness (QED) is 0.734. The van der Waals surface area contributed by atoms with Gasteiger partial charge >= 0.3 is 0 Å². The molecule has 1 N–H and O–H groups in total. The fourth-order valence-corrected chi connectivity index (χ4v) is 6.72. The molecular formula is C23H29ClN4O3S. The molecule has 172 valence electrons. The summed E-state index contributed by atoms with van der Waals surface area (Å²) in [6.45, 7) is 4.91. The monoisotopic (exact) mass is 476 g/mol. The average molecular weight is 477 g/mol. The molecule has 2 bridgehead atoms. The van der Waals surface area contributed by atoms with E-state index in [9.17, 15) is 13.2 Å². The topological polar surface area (TPSA) is 74.7 Å². The van der Waals surface area contributed by atoms with Gasteiger partial charge in [0.15, 0.2) is 0 Å². The molecule has 2 saturated heterocycles. The Bertz CT molecular complexity index is 1160. The van der Waals surface area contributed by atoms with Gasteiger partial charge in [-0.2, -0.15) is 0 Å². The largest absolute Gasteiger partial charge is 0.310 e. The molecule has 3 aliphatic rings. The molecule has 1 aromatic heterocycles. The van der Waals surface area contributed by atoms with E-state index in [-0.39, 0.29) is 16.1 Å². The van der Waals surface area contributed by atoms with Gasteiger partial charge in [-0.3, -0.25) is 14.4 Å². The molecule has 7 nitrogen and oxygen atoms in total. The summed E-state index contributed by atoms with van der Waals surface area (Å²) in [4.78, 5) is 18.3. The lowest BCUT2D eigenvalue weighted by Gasteiger charge is -2.47. The predicted molar refractivity (Wildman–Crippen MR) is 126 cm³/mol. The molecule has 3 aliphatic heterocycles. The zero-order chi connectivity index (χ0) is 22.5. The van der Waals surface area contributed by atoms with E-state index in [1.165, 1.54) is 37.1 Å². The number of hydrogen-bond acceptors (Lipinski definition) is 5. The first-order valence-electron chi connectivity index (χ1n) is 11.2. The Kier molecular flexibility index (Phi) is 5.82. The fraction of sp³-hybridized carbons (Fsp3) is 0.522. The van der Waals surface area contributed by atoms with Gasteiger partial charge in [0, 0.05) is 42.3 Å². The van der Waals surface area contributed by atoms with Crippen LogP contribution in [0, 0.1) is 5.92 Å². The average Bonchev–Trinajstić information content (AvgIpc) is 2.76. The highest BCUT2D eigenvalue weighted by Gasteiger charge is 2.38. The maximum absolute atomic E-state index is 13.2. The Morgan fingerprint density at radius 2 is 1.72 bits per heavy atom. The van der Waals surface area contributed by atoms with Crippen LogP contribution < -0.4 is 10.3 Å². The van der Waals surface area contributed by atoms with E-state index in [1.807, 2.05) is 6.07 Å². The highest BCUT2D eigenvalue weighted by Crippen LogP contribution is 2.37. The van der Waals surface area contributed by atoms with Crippen molar-refractivity contribution < 1.29 is 8.42 Å². The molecule has 0 spiro atoms. The van der Waals surface area contributed by atoms with Gasteiger partial charge < -0.3 is 9.47 Å². The Morgan fingerprint density at radius 3 is 2.44 bits per heavy atom. The third-order valence-electron chi connectivity index (χ3n) is 7.21. The first-order valence-corrected chi connectivity index (χ1v) is 13.1. The van der Waals surface area contributed by atoms with Crippen LogP contribution in [0.15, 0.2) is 46.1 Å². The lowest BCUT2D eigenvalue weighted by molar-refractivity contribution is 0.0517. The van der Waals surface area contributed by atoms with Crippen LogP contribution in [-0.2, 0) is 16.6 Å². The van der Waals surface area contributed by atoms with Crippen LogP contribution in [0.1, 0.15) is 30.9 Å². The van der Waals surface area contributed by atoms with Crippen LogP contribution in [0.2, 0.25) is 5.02 Å². The van der Waals surface area contributed by atoms with Crippen molar-refractivity contribution in [2.45, 2.75) is 42.7 Å². The molecule has 5 rings (SSSR count). The molecule has 2 unspecified atom stereocenters. The van der Waals surface area contributed by atoms with Crippen molar-refractivity contribution in [2.24, 2.45) is 5.92 Å². The van der Waals surface area contributed by atoms with Crippen LogP contribution in [0.4, 0.5) is 5.69 Å². The Morgan fingerprint density at radius 1 is 1.00 bits per heavy atom. The van der Waals surface area contributed by atoms with Gasteiger partial charge in [-0.05, 0) is 81.7 Å². The summed E-state index contributed by atoms with van der Waals surface area (Å²) in [6.07, 6.45) is 3.50. The summed E-state index contributed by atoms with van der Waals surface area (Å²) in [7, 11) is -1.68. The number of nitrogens with one attached hydrogen (secondary N) is 1. The van der Waals surface area contributed by atoms with Gasteiger partial charge in [-0.1, -0.05) is 11.6 Å². The molecule has 2 aromatic rings. The van der Waals surface area contributed by atoms with Gasteiger partial charge in [0.2, 0.25) is 0 Å². The number of fused-ring (bicyclic) bond motifs is 4. The third kappa shape index (κ3) is 4.21. The Hall–Kier alpha value is -1.87. The number of pyridine rings is 1. The van der Waals surface area contributed by atoms with Gasteiger partial charge in [0.05, 0.1) is 4.90 Å². The zero-order valence-electron chi connectivity index (χ0n) is 18.2. The molecule has 4 heterocycles. The number of piperidine rings is 2. The normalized spacial score (nSPS) is 24.8. The minimum absolute atomic E-state index is 0.0784. The molecule has 9 heteroatoms. The highest BCUT2D eigenvalue weighted by atomic mass is 35.5. The van der Waals surface area contributed by atoms with Crippen molar-refractivity contribution >= 4 is 27.3 Å². The van der Waals surface area contributed by atoms with Crippen molar-refractivity contribution in [3.05, 3.63) is 57.5 Å². The fourth-order valence-electron chi connectivity index (χ4n) is 5.54. The van der Waals surface area contributed by atoms with Gasteiger partial charge in [-0.25, -0.2) is 8.42 Å². The number of halogens is 1. The molecule has 0 aliphatic carbocycles. The second-order valence-corrected chi connectivity index (χ2v) is 11.6. The minimum atomic E-state index is -3.86. The van der Waals surface area contributed by atoms with E-state index in [0.717, 1.165) is 38.3 Å². The summed E-state index contributed by atoms with van der Waals surface area (Å²) in [6, 6.07) is 10.1. The van der Waals surface area contributed by atoms with Crippen molar-refractivity contribution in [1.29, 1.82) is 0 Å². The SMILES string of the molecule is CN1CCC(N2CC3CC(C2)c2ccc(NS(=O)(=O)c4ccc(Cl)cc4)c(=O)n2C3)CC1. The zero-order valence-corrected chi connectivity index (χ0v) is 19.8. The van der Waals surface area contributed by atoms with Crippen molar-refractivity contribution in [3.8, 4) is 0 Å².